The van der Waals surface area contributed by atoms with Crippen LogP contribution in [0.25, 0.3) is 5.69 Å². The van der Waals surface area contributed by atoms with Gasteiger partial charge in [-0.15, -0.1) is 0 Å². The van der Waals surface area contributed by atoms with Crippen LogP contribution in [0.5, 0.6) is 0 Å². The van der Waals surface area contributed by atoms with Gasteiger partial charge in [0.05, 0.1) is 18.3 Å². The van der Waals surface area contributed by atoms with E-state index in [-0.39, 0.29) is 18.1 Å². The highest BCUT2D eigenvalue weighted by Crippen LogP contribution is 2.16. The molecule has 3 rings (SSSR count). The minimum Gasteiger partial charge on any atom is -0.326 e. The zero-order valence-electron chi connectivity index (χ0n) is 12.7. The van der Waals surface area contributed by atoms with Gasteiger partial charge in [-0.25, -0.2) is 9.07 Å². The fourth-order valence-corrected chi connectivity index (χ4v) is 2.32. The van der Waals surface area contributed by atoms with Gasteiger partial charge in [0, 0.05) is 11.9 Å². The monoisotopic (exact) mass is 309 g/mol. The molecule has 23 heavy (non-hydrogen) atoms. The smallest absolute Gasteiger partial charge is 0.228 e. The second kappa shape index (κ2) is 6.44. The van der Waals surface area contributed by atoms with Crippen LogP contribution in [0.1, 0.15) is 11.1 Å². The highest BCUT2D eigenvalue weighted by molar-refractivity contribution is 5.92. The maximum atomic E-state index is 13.1. The molecule has 0 aliphatic rings. The lowest BCUT2D eigenvalue weighted by atomic mass is 10.2. The molecular weight excluding hydrogens is 293 g/mol. The highest BCUT2D eigenvalue weighted by Gasteiger charge is 2.09. The molecule has 0 bridgehead atoms. The van der Waals surface area contributed by atoms with Crippen molar-refractivity contribution in [3.8, 4) is 5.69 Å². The van der Waals surface area contributed by atoms with Gasteiger partial charge in [0.1, 0.15) is 5.82 Å². The van der Waals surface area contributed by atoms with E-state index in [0.717, 1.165) is 11.3 Å². The zero-order valence-corrected chi connectivity index (χ0v) is 12.7. The normalized spacial score (nSPS) is 10.5. The Hall–Kier alpha value is -2.95. The van der Waals surface area contributed by atoms with Crippen molar-refractivity contribution < 1.29 is 9.18 Å². The largest absolute Gasteiger partial charge is 0.326 e. The Morgan fingerprint density at radius 3 is 2.74 bits per heavy atom. The number of amides is 1. The topological polar surface area (TPSA) is 46.9 Å². The number of nitrogens with zero attached hydrogens (tertiary/aromatic N) is 2. The van der Waals surface area contributed by atoms with E-state index in [0.29, 0.717) is 11.3 Å². The molecule has 0 atom stereocenters. The molecule has 1 N–H and O–H groups in total. The van der Waals surface area contributed by atoms with Crippen LogP contribution < -0.4 is 5.32 Å². The average Bonchev–Trinajstić information content (AvgIpc) is 2.99. The predicted octanol–water partition coefficient (Wildman–Crippen LogP) is 3.50. The van der Waals surface area contributed by atoms with Gasteiger partial charge in [-0.3, -0.25) is 4.79 Å². The Balaban J connectivity index is 1.68. The summed E-state index contributed by atoms with van der Waals surface area (Å²) in [5, 5.41) is 7.06. The van der Waals surface area contributed by atoms with Crippen LogP contribution in [-0.4, -0.2) is 15.7 Å². The van der Waals surface area contributed by atoms with E-state index in [1.165, 1.54) is 12.1 Å². The fraction of sp³-hybridized carbons (Fsp3) is 0.111. The van der Waals surface area contributed by atoms with Crippen molar-refractivity contribution in [2.45, 2.75) is 13.3 Å². The van der Waals surface area contributed by atoms with Gasteiger partial charge in [0.2, 0.25) is 5.91 Å². The standard InChI is InChI=1S/C18H16FN3O/c1-13-9-15(19)7-8-17(13)21-18(23)10-14-11-20-22(12-14)16-5-3-2-4-6-16/h2-9,11-12H,10H2,1H3,(H,21,23). The second-order valence-electron chi connectivity index (χ2n) is 5.31. The van der Waals surface area contributed by atoms with Crippen LogP contribution in [0.15, 0.2) is 60.9 Å². The first-order valence-corrected chi connectivity index (χ1v) is 7.27. The van der Waals surface area contributed by atoms with Crippen molar-refractivity contribution in [3.05, 3.63) is 77.9 Å². The minimum atomic E-state index is -0.315. The molecule has 0 spiro atoms. The summed E-state index contributed by atoms with van der Waals surface area (Å²) in [4.78, 5) is 12.1. The zero-order chi connectivity index (χ0) is 16.2. The molecule has 116 valence electrons. The van der Waals surface area contributed by atoms with E-state index in [1.807, 2.05) is 36.5 Å². The molecule has 1 aromatic heterocycles. The minimum absolute atomic E-state index is 0.160. The van der Waals surface area contributed by atoms with Crippen LogP contribution in [0.3, 0.4) is 0 Å². The summed E-state index contributed by atoms with van der Waals surface area (Å²) in [5.41, 5.74) is 3.06. The summed E-state index contributed by atoms with van der Waals surface area (Å²) in [6, 6.07) is 14.0. The molecule has 1 amide bonds. The van der Waals surface area contributed by atoms with Gasteiger partial charge in [-0.1, -0.05) is 18.2 Å². The van der Waals surface area contributed by atoms with Crippen LogP contribution in [0.2, 0.25) is 0 Å². The van der Waals surface area contributed by atoms with Crippen molar-refractivity contribution >= 4 is 11.6 Å². The fourth-order valence-electron chi connectivity index (χ4n) is 2.32. The Bertz CT molecular complexity index is 827. The van der Waals surface area contributed by atoms with Crippen LogP contribution in [0.4, 0.5) is 10.1 Å². The summed E-state index contributed by atoms with van der Waals surface area (Å²) in [7, 11) is 0. The quantitative estimate of drug-likeness (QED) is 0.802. The Morgan fingerprint density at radius 2 is 2.00 bits per heavy atom. The maximum absolute atomic E-state index is 13.1. The van der Waals surface area contributed by atoms with E-state index in [1.54, 1.807) is 23.9 Å². The van der Waals surface area contributed by atoms with Gasteiger partial charge in [-0.05, 0) is 48.4 Å². The van der Waals surface area contributed by atoms with Crippen LogP contribution in [-0.2, 0) is 11.2 Å². The van der Waals surface area contributed by atoms with Crippen molar-refractivity contribution in [1.82, 2.24) is 9.78 Å². The van der Waals surface area contributed by atoms with Gasteiger partial charge in [-0.2, -0.15) is 5.10 Å². The lowest BCUT2D eigenvalue weighted by Crippen LogP contribution is -2.14. The van der Waals surface area contributed by atoms with Crippen LogP contribution >= 0.6 is 0 Å². The Morgan fingerprint density at radius 1 is 1.22 bits per heavy atom. The van der Waals surface area contributed by atoms with Gasteiger partial charge in [0.25, 0.3) is 0 Å². The lowest BCUT2D eigenvalue weighted by Gasteiger charge is -2.07. The van der Waals surface area contributed by atoms with Crippen molar-refractivity contribution in [3.63, 3.8) is 0 Å². The molecule has 3 aromatic rings. The molecule has 0 aliphatic carbocycles. The number of anilines is 1. The molecule has 5 heteroatoms. The van der Waals surface area contributed by atoms with Crippen LogP contribution in [0, 0.1) is 12.7 Å². The molecule has 0 saturated carbocycles. The molecule has 0 unspecified atom stereocenters. The lowest BCUT2D eigenvalue weighted by molar-refractivity contribution is -0.115. The number of para-hydroxylation sites is 1. The molecule has 2 aromatic carbocycles. The SMILES string of the molecule is Cc1cc(F)ccc1NC(=O)Cc1cnn(-c2ccccc2)c1. The van der Waals surface area contributed by atoms with E-state index >= 15 is 0 Å². The molecule has 4 nitrogen and oxygen atoms in total. The van der Waals surface area contributed by atoms with Gasteiger partial charge >= 0.3 is 0 Å². The number of carbonyl (C=O) groups excluding carboxylic acids is 1. The van der Waals surface area contributed by atoms with Gasteiger partial charge < -0.3 is 5.32 Å². The third-order valence-electron chi connectivity index (χ3n) is 3.48. The molecule has 0 fully saturated rings. The predicted molar refractivity (Wildman–Crippen MR) is 87.0 cm³/mol. The number of carbonyl (C=O) groups is 1. The summed E-state index contributed by atoms with van der Waals surface area (Å²) in [5.74, 6) is -0.475. The number of benzene rings is 2. The molecular formula is C18H16FN3O. The summed E-state index contributed by atoms with van der Waals surface area (Å²) >= 11 is 0. The number of halogens is 1. The van der Waals surface area contributed by atoms with Gasteiger partial charge in [0.15, 0.2) is 0 Å². The number of hydrogen-bond acceptors (Lipinski definition) is 2. The maximum Gasteiger partial charge on any atom is 0.228 e. The van der Waals surface area contributed by atoms with E-state index in [2.05, 4.69) is 10.4 Å². The summed E-state index contributed by atoms with van der Waals surface area (Å²) < 4.78 is 14.8. The Labute approximate surface area is 133 Å². The summed E-state index contributed by atoms with van der Waals surface area (Å²) in [6.45, 7) is 1.76. The van der Waals surface area contributed by atoms with Crippen molar-refractivity contribution in [2.75, 3.05) is 5.32 Å². The van der Waals surface area contributed by atoms with Crippen molar-refractivity contribution in [1.29, 1.82) is 0 Å². The second-order valence-corrected chi connectivity index (χ2v) is 5.31. The van der Waals surface area contributed by atoms with Crippen molar-refractivity contribution in [2.24, 2.45) is 0 Å². The number of nitrogens with one attached hydrogen (secondary N) is 1. The third-order valence-corrected chi connectivity index (χ3v) is 3.48. The number of rotatable bonds is 4. The molecule has 0 radical (unpaired) electrons. The molecule has 0 saturated heterocycles. The molecule has 0 aliphatic heterocycles. The number of aromatic nitrogens is 2. The summed E-state index contributed by atoms with van der Waals surface area (Å²) in [6.07, 6.45) is 3.71. The van der Waals surface area contributed by atoms with E-state index in [4.69, 9.17) is 0 Å². The average molecular weight is 309 g/mol. The first kappa shape index (κ1) is 15.0. The first-order valence-electron chi connectivity index (χ1n) is 7.27. The highest BCUT2D eigenvalue weighted by atomic mass is 19.1. The molecule has 1 heterocycles. The number of hydrogen-bond donors (Lipinski definition) is 1. The van der Waals surface area contributed by atoms with E-state index in [9.17, 15) is 9.18 Å². The number of aryl methyl sites for hydroxylation is 1. The van der Waals surface area contributed by atoms with E-state index < -0.39 is 0 Å². The third kappa shape index (κ3) is 3.63. The Kier molecular flexibility index (Phi) is 4.19. The first-order chi connectivity index (χ1) is 11.1.